The summed E-state index contributed by atoms with van der Waals surface area (Å²) in [6.07, 6.45) is 2.19. The lowest BCUT2D eigenvalue weighted by molar-refractivity contribution is -0.127. The monoisotopic (exact) mass is 399 g/mol. The third-order valence-electron chi connectivity index (χ3n) is 4.92. The minimum atomic E-state index is -0.387. The summed E-state index contributed by atoms with van der Waals surface area (Å²) in [4.78, 5) is 43.0. The van der Waals surface area contributed by atoms with E-state index in [0.29, 0.717) is 29.5 Å². The molecule has 1 atom stereocenters. The molecule has 0 saturated carbocycles. The number of rotatable bonds is 3. The van der Waals surface area contributed by atoms with Crippen LogP contribution in [0.1, 0.15) is 35.3 Å². The molecule has 2 N–H and O–H groups in total. The summed E-state index contributed by atoms with van der Waals surface area (Å²) in [5.74, 6) is -0.407. The molecule has 28 heavy (non-hydrogen) atoms. The first-order valence-corrected chi connectivity index (χ1v) is 9.23. The molecule has 1 aromatic carbocycles. The molecule has 0 bridgehead atoms. The van der Waals surface area contributed by atoms with Gasteiger partial charge in [-0.05, 0) is 30.7 Å². The van der Waals surface area contributed by atoms with Crippen LogP contribution in [0.15, 0.2) is 41.3 Å². The van der Waals surface area contributed by atoms with E-state index >= 15 is 0 Å². The first-order valence-electron chi connectivity index (χ1n) is 8.86. The zero-order valence-corrected chi connectivity index (χ0v) is 15.9. The smallest absolute Gasteiger partial charge is 0.272 e. The number of carbonyl (C=O) groups is 2. The van der Waals surface area contributed by atoms with Gasteiger partial charge in [-0.1, -0.05) is 11.6 Å². The molecule has 144 valence electrons. The maximum absolute atomic E-state index is 12.7. The minimum absolute atomic E-state index is 0.00461. The average molecular weight is 400 g/mol. The number of hydrogen-bond donors (Lipinski definition) is 2. The number of aromatic nitrogens is 3. The van der Waals surface area contributed by atoms with Gasteiger partial charge >= 0.3 is 0 Å². The lowest BCUT2D eigenvalue weighted by Gasteiger charge is -2.13. The van der Waals surface area contributed by atoms with Gasteiger partial charge in [0.2, 0.25) is 5.91 Å². The Balaban J connectivity index is 1.65. The van der Waals surface area contributed by atoms with Gasteiger partial charge in [0.25, 0.3) is 11.5 Å². The van der Waals surface area contributed by atoms with Crippen molar-refractivity contribution in [3.63, 3.8) is 0 Å². The number of carbonyl (C=O) groups excluding carboxylic acids is 2. The van der Waals surface area contributed by atoms with E-state index < -0.39 is 0 Å². The van der Waals surface area contributed by atoms with Crippen LogP contribution in [0.25, 0.3) is 5.65 Å². The fourth-order valence-corrected chi connectivity index (χ4v) is 3.52. The quantitative estimate of drug-likeness (QED) is 0.705. The summed E-state index contributed by atoms with van der Waals surface area (Å²) < 4.78 is 1.23. The van der Waals surface area contributed by atoms with E-state index in [1.54, 1.807) is 29.2 Å². The summed E-state index contributed by atoms with van der Waals surface area (Å²) in [5.41, 5.74) is 1.39. The number of nitrogens with zero attached hydrogens (tertiary/aromatic N) is 3. The Morgan fingerprint density at radius 2 is 2.04 bits per heavy atom. The van der Waals surface area contributed by atoms with E-state index in [0.717, 1.165) is 6.42 Å². The Hall–Kier alpha value is -3.13. The van der Waals surface area contributed by atoms with Crippen LogP contribution in [0.3, 0.4) is 0 Å². The second kappa shape index (κ2) is 7.12. The van der Waals surface area contributed by atoms with E-state index in [2.05, 4.69) is 15.4 Å². The van der Waals surface area contributed by atoms with Crippen LogP contribution >= 0.6 is 11.6 Å². The molecular weight excluding hydrogens is 382 g/mol. The Bertz CT molecular complexity index is 1120. The SMILES string of the molecule is CC(=O)N1CCC(c2cc(=O)n3[nH]cc(C(=O)Nc4ccc(Cl)cc4)c3n2)C1. The van der Waals surface area contributed by atoms with Crippen LogP contribution < -0.4 is 10.9 Å². The van der Waals surface area contributed by atoms with E-state index in [1.807, 2.05) is 0 Å². The largest absolute Gasteiger partial charge is 0.342 e. The van der Waals surface area contributed by atoms with Crippen molar-refractivity contribution in [1.29, 1.82) is 0 Å². The molecule has 0 spiro atoms. The second-order valence-electron chi connectivity index (χ2n) is 6.78. The maximum Gasteiger partial charge on any atom is 0.272 e. The zero-order chi connectivity index (χ0) is 19.8. The summed E-state index contributed by atoms with van der Waals surface area (Å²) in [6, 6.07) is 8.19. The van der Waals surface area contributed by atoms with Gasteiger partial charge in [-0.2, -0.15) is 0 Å². The number of anilines is 1. The van der Waals surface area contributed by atoms with Crippen LogP contribution in [-0.2, 0) is 4.79 Å². The zero-order valence-electron chi connectivity index (χ0n) is 15.1. The van der Waals surface area contributed by atoms with Gasteiger partial charge < -0.3 is 10.2 Å². The van der Waals surface area contributed by atoms with Crippen molar-refractivity contribution in [3.05, 3.63) is 63.2 Å². The summed E-state index contributed by atoms with van der Waals surface area (Å²) in [6.45, 7) is 2.69. The highest BCUT2D eigenvalue weighted by Crippen LogP contribution is 2.26. The normalized spacial score (nSPS) is 16.5. The molecule has 3 heterocycles. The predicted octanol–water partition coefficient (Wildman–Crippen LogP) is 2.26. The van der Waals surface area contributed by atoms with Crippen LogP contribution in [0.5, 0.6) is 0 Å². The lowest BCUT2D eigenvalue weighted by Crippen LogP contribution is -2.26. The number of amides is 2. The molecule has 1 unspecified atom stereocenters. The van der Waals surface area contributed by atoms with Gasteiger partial charge in [0.15, 0.2) is 5.65 Å². The van der Waals surface area contributed by atoms with Crippen molar-refractivity contribution < 1.29 is 9.59 Å². The van der Waals surface area contributed by atoms with Gasteiger partial charge in [-0.15, -0.1) is 0 Å². The number of halogens is 1. The minimum Gasteiger partial charge on any atom is -0.342 e. The third-order valence-corrected chi connectivity index (χ3v) is 5.17. The van der Waals surface area contributed by atoms with Gasteiger partial charge in [-0.25, -0.2) is 9.50 Å². The highest BCUT2D eigenvalue weighted by Gasteiger charge is 2.28. The van der Waals surface area contributed by atoms with Crippen LogP contribution in [0, 0.1) is 0 Å². The van der Waals surface area contributed by atoms with Crippen molar-refractivity contribution >= 4 is 34.7 Å². The second-order valence-corrected chi connectivity index (χ2v) is 7.21. The van der Waals surface area contributed by atoms with Crippen molar-refractivity contribution in [2.45, 2.75) is 19.3 Å². The molecule has 1 saturated heterocycles. The third kappa shape index (κ3) is 3.38. The van der Waals surface area contributed by atoms with Gasteiger partial charge in [0, 0.05) is 48.9 Å². The van der Waals surface area contributed by atoms with Crippen molar-refractivity contribution in [3.8, 4) is 0 Å². The highest BCUT2D eigenvalue weighted by atomic mass is 35.5. The molecule has 3 aromatic rings. The number of aromatic amines is 1. The fraction of sp³-hybridized carbons (Fsp3) is 0.263. The molecule has 9 heteroatoms. The maximum atomic E-state index is 12.7. The molecule has 4 rings (SSSR count). The number of nitrogens with one attached hydrogen (secondary N) is 2. The van der Waals surface area contributed by atoms with Crippen molar-refractivity contribution in [1.82, 2.24) is 19.5 Å². The number of likely N-dealkylation sites (tertiary alicyclic amines) is 1. The molecule has 1 aliphatic heterocycles. The molecule has 2 aromatic heterocycles. The molecule has 8 nitrogen and oxygen atoms in total. The van der Waals surface area contributed by atoms with E-state index in [9.17, 15) is 14.4 Å². The first kappa shape index (κ1) is 18.2. The summed E-state index contributed by atoms with van der Waals surface area (Å²) in [7, 11) is 0. The van der Waals surface area contributed by atoms with Crippen molar-refractivity contribution in [2.24, 2.45) is 0 Å². The lowest BCUT2D eigenvalue weighted by atomic mass is 10.0. The Morgan fingerprint density at radius 3 is 2.71 bits per heavy atom. The van der Waals surface area contributed by atoms with E-state index in [-0.39, 0.29) is 34.5 Å². The van der Waals surface area contributed by atoms with Crippen LogP contribution in [0.2, 0.25) is 5.02 Å². The topological polar surface area (TPSA) is 99.6 Å². The van der Waals surface area contributed by atoms with Gasteiger partial charge in [0.05, 0.1) is 5.69 Å². The van der Waals surface area contributed by atoms with E-state index in [1.165, 1.54) is 23.7 Å². The first-order chi connectivity index (χ1) is 13.4. The fourth-order valence-electron chi connectivity index (χ4n) is 3.39. The molecule has 1 fully saturated rings. The average Bonchev–Trinajstić information content (AvgIpc) is 3.31. The molecule has 0 aliphatic carbocycles. The number of hydrogen-bond acceptors (Lipinski definition) is 4. The number of benzene rings is 1. The summed E-state index contributed by atoms with van der Waals surface area (Å²) in [5, 5.41) is 6.11. The molecular formula is C19H18ClN5O3. The van der Waals surface area contributed by atoms with Crippen molar-refractivity contribution in [2.75, 3.05) is 18.4 Å². The van der Waals surface area contributed by atoms with Crippen LogP contribution in [0.4, 0.5) is 5.69 Å². The van der Waals surface area contributed by atoms with Gasteiger partial charge in [-0.3, -0.25) is 19.5 Å². The standard InChI is InChI=1S/C19H18ClN5O3/c1-11(26)24-7-6-12(10-24)16-8-17(27)25-18(23-16)15(9-21-25)19(28)22-14-4-2-13(20)3-5-14/h2-5,8-9,12,21H,6-7,10H2,1H3,(H,22,28). The molecule has 0 radical (unpaired) electrons. The Morgan fingerprint density at radius 1 is 1.29 bits per heavy atom. The Labute approximate surface area is 165 Å². The number of fused-ring (bicyclic) bond motifs is 1. The highest BCUT2D eigenvalue weighted by molar-refractivity contribution is 6.30. The van der Waals surface area contributed by atoms with Crippen LogP contribution in [-0.4, -0.2) is 44.4 Å². The van der Waals surface area contributed by atoms with E-state index in [4.69, 9.17) is 11.6 Å². The predicted molar refractivity (Wildman–Crippen MR) is 105 cm³/mol. The van der Waals surface area contributed by atoms with Gasteiger partial charge in [0.1, 0.15) is 5.56 Å². The molecule has 2 amide bonds. The number of H-pyrrole nitrogens is 1. The summed E-state index contributed by atoms with van der Waals surface area (Å²) >= 11 is 5.86. The molecule has 1 aliphatic rings. The Kier molecular flexibility index (Phi) is 4.64.